The fraction of sp³-hybridized carbons (Fsp3) is 0.300. The molecule has 8 heteroatoms. The summed E-state index contributed by atoms with van der Waals surface area (Å²) in [5.74, 6) is 0.258. The second-order valence-corrected chi connectivity index (χ2v) is 7.92. The van der Waals surface area contributed by atoms with E-state index in [0.29, 0.717) is 21.7 Å². The lowest BCUT2D eigenvalue weighted by Crippen LogP contribution is -2.37. The Morgan fingerprint density at radius 2 is 1.96 bits per heavy atom. The molecule has 0 unspecified atom stereocenters. The molecule has 1 aliphatic rings. The number of hydrogen-bond acceptors (Lipinski definition) is 5. The second-order valence-electron chi connectivity index (χ2n) is 6.45. The topological polar surface area (TPSA) is 47.4 Å². The fourth-order valence-electron chi connectivity index (χ4n) is 3.15. The molecular weight excluding hydrogens is 401 g/mol. The van der Waals surface area contributed by atoms with Gasteiger partial charge >= 0.3 is 0 Å². The molecule has 1 aliphatic heterocycles. The summed E-state index contributed by atoms with van der Waals surface area (Å²) in [7, 11) is 0. The molecule has 1 aromatic heterocycles. The first-order valence-electron chi connectivity index (χ1n) is 9.03. The standard InChI is InChI=1S/C20H19ClFN3O2S/c21-16-13-14(5-6-17(16)22)25-19(26)15-3-1-2-4-18(15)23-20(25)28-12-9-24-7-10-27-11-8-24/h1-6,13H,7-12H2. The predicted octanol–water partition coefficient (Wildman–Crippen LogP) is 3.60. The number of halogens is 2. The summed E-state index contributed by atoms with van der Waals surface area (Å²) in [5, 5.41) is 1.06. The number of benzene rings is 2. The average Bonchev–Trinajstić information content (AvgIpc) is 2.71. The van der Waals surface area contributed by atoms with Crippen molar-refractivity contribution >= 4 is 34.3 Å². The number of morpholine rings is 1. The van der Waals surface area contributed by atoms with Crippen LogP contribution in [0.5, 0.6) is 0 Å². The van der Waals surface area contributed by atoms with Gasteiger partial charge in [0.25, 0.3) is 5.56 Å². The van der Waals surface area contributed by atoms with Crippen molar-refractivity contribution in [1.29, 1.82) is 0 Å². The van der Waals surface area contributed by atoms with Gasteiger partial charge in [-0.15, -0.1) is 0 Å². The zero-order valence-electron chi connectivity index (χ0n) is 15.1. The maximum absolute atomic E-state index is 13.6. The van der Waals surface area contributed by atoms with E-state index in [2.05, 4.69) is 4.90 Å². The largest absolute Gasteiger partial charge is 0.379 e. The molecule has 1 fully saturated rings. The third kappa shape index (κ3) is 4.07. The van der Waals surface area contributed by atoms with Crippen molar-refractivity contribution in [2.45, 2.75) is 5.16 Å². The smallest absolute Gasteiger partial charge is 0.266 e. The van der Waals surface area contributed by atoms with Crippen LogP contribution in [-0.2, 0) is 4.74 Å². The molecule has 0 spiro atoms. The average molecular weight is 420 g/mol. The molecule has 2 heterocycles. The van der Waals surface area contributed by atoms with Crippen LogP contribution in [-0.4, -0.2) is 53.1 Å². The van der Waals surface area contributed by atoms with Crippen LogP contribution in [0.15, 0.2) is 52.4 Å². The van der Waals surface area contributed by atoms with Gasteiger partial charge in [0.05, 0.1) is 34.8 Å². The number of ether oxygens (including phenoxy) is 1. The van der Waals surface area contributed by atoms with Gasteiger partial charge in [-0.25, -0.2) is 9.37 Å². The van der Waals surface area contributed by atoms with Crippen molar-refractivity contribution in [2.75, 3.05) is 38.6 Å². The first-order valence-corrected chi connectivity index (χ1v) is 10.4. The first kappa shape index (κ1) is 19.4. The fourth-order valence-corrected chi connectivity index (χ4v) is 4.34. The summed E-state index contributed by atoms with van der Waals surface area (Å²) in [4.78, 5) is 20.2. The molecule has 0 amide bonds. The van der Waals surface area contributed by atoms with Crippen LogP contribution in [0.1, 0.15) is 0 Å². The van der Waals surface area contributed by atoms with Crippen LogP contribution in [0.2, 0.25) is 5.02 Å². The molecule has 1 saturated heterocycles. The van der Waals surface area contributed by atoms with Crippen molar-refractivity contribution in [3.8, 4) is 5.69 Å². The van der Waals surface area contributed by atoms with E-state index >= 15 is 0 Å². The Morgan fingerprint density at radius 3 is 2.75 bits per heavy atom. The van der Waals surface area contributed by atoms with Gasteiger partial charge in [-0.1, -0.05) is 35.5 Å². The zero-order valence-corrected chi connectivity index (χ0v) is 16.7. The molecule has 0 aliphatic carbocycles. The molecule has 4 rings (SSSR count). The molecule has 0 atom stereocenters. The van der Waals surface area contributed by atoms with Crippen molar-refractivity contribution < 1.29 is 9.13 Å². The van der Waals surface area contributed by atoms with Gasteiger partial charge in [0, 0.05) is 25.4 Å². The number of para-hydroxylation sites is 1. The number of thioether (sulfide) groups is 1. The summed E-state index contributed by atoms with van der Waals surface area (Å²) in [6, 6.07) is 11.5. The Kier molecular flexibility index (Phi) is 5.96. The SMILES string of the molecule is O=c1c2ccccc2nc(SCCN2CCOCC2)n1-c1ccc(F)c(Cl)c1. The van der Waals surface area contributed by atoms with Gasteiger partial charge in [0.15, 0.2) is 5.16 Å². The highest BCUT2D eigenvalue weighted by molar-refractivity contribution is 7.99. The van der Waals surface area contributed by atoms with E-state index in [1.54, 1.807) is 18.2 Å². The third-order valence-electron chi connectivity index (χ3n) is 4.65. The molecule has 0 N–H and O–H groups in total. The molecule has 0 radical (unpaired) electrons. The summed E-state index contributed by atoms with van der Waals surface area (Å²) >= 11 is 7.46. The number of nitrogens with zero attached hydrogens (tertiary/aromatic N) is 3. The minimum Gasteiger partial charge on any atom is -0.379 e. The molecular formula is C20H19ClFN3O2S. The van der Waals surface area contributed by atoms with E-state index in [1.807, 2.05) is 12.1 Å². The summed E-state index contributed by atoms with van der Waals surface area (Å²) < 4.78 is 20.5. The van der Waals surface area contributed by atoms with E-state index < -0.39 is 5.82 Å². The number of rotatable bonds is 5. The molecule has 0 bridgehead atoms. The maximum Gasteiger partial charge on any atom is 0.266 e. The molecule has 5 nitrogen and oxygen atoms in total. The highest BCUT2D eigenvalue weighted by Crippen LogP contribution is 2.24. The molecule has 28 heavy (non-hydrogen) atoms. The zero-order chi connectivity index (χ0) is 19.5. The highest BCUT2D eigenvalue weighted by atomic mass is 35.5. The van der Waals surface area contributed by atoms with Crippen LogP contribution >= 0.6 is 23.4 Å². The molecule has 3 aromatic rings. The lowest BCUT2D eigenvalue weighted by atomic mass is 10.2. The summed E-state index contributed by atoms with van der Waals surface area (Å²) in [5.41, 5.74) is 0.955. The van der Waals surface area contributed by atoms with Gasteiger partial charge in [0.2, 0.25) is 0 Å². The number of hydrogen-bond donors (Lipinski definition) is 0. The van der Waals surface area contributed by atoms with Crippen LogP contribution in [0, 0.1) is 5.82 Å². The minimum atomic E-state index is -0.520. The van der Waals surface area contributed by atoms with E-state index in [9.17, 15) is 9.18 Å². The van der Waals surface area contributed by atoms with E-state index in [1.165, 1.54) is 28.5 Å². The second kappa shape index (κ2) is 8.61. The Balaban J connectivity index is 1.70. The molecule has 2 aromatic carbocycles. The van der Waals surface area contributed by atoms with Gasteiger partial charge < -0.3 is 4.74 Å². The van der Waals surface area contributed by atoms with E-state index in [-0.39, 0.29) is 10.6 Å². The van der Waals surface area contributed by atoms with Gasteiger partial charge in [-0.05, 0) is 30.3 Å². The van der Waals surface area contributed by atoms with Crippen molar-refractivity contribution in [2.24, 2.45) is 0 Å². The van der Waals surface area contributed by atoms with Gasteiger partial charge in [0.1, 0.15) is 5.82 Å². The quantitative estimate of drug-likeness (QED) is 0.467. The van der Waals surface area contributed by atoms with Crippen molar-refractivity contribution in [3.05, 3.63) is 63.7 Å². The van der Waals surface area contributed by atoms with Crippen LogP contribution in [0.4, 0.5) is 4.39 Å². The van der Waals surface area contributed by atoms with Gasteiger partial charge in [-0.3, -0.25) is 14.3 Å². The Bertz CT molecular complexity index is 1050. The highest BCUT2D eigenvalue weighted by Gasteiger charge is 2.16. The first-order chi connectivity index (χ1) is 13.6. The van der Waals surface area contributed by atoms with Crippen LogP contribution < -0.4 is 5.56 Å². The monoisotopic (exact) mass is 419 g/mol. The third-order valence-corrected chi connectivity index (χ3v) is 5.86. The van der Waals surface area contributed by atoms with Crippen molar-refractivity contribution in [1.82, 2.24) is 14.5 Å². The lowest BCUT2D eigenvalue weighted by molar-refractivity contribution is 0.0410. The van der Waals surface area contributed by atoms with Crippen LogP contribution in [0.3, 0.4) is 0 Å². The predicted molar refractivity (Wildman–Crippen MR) is 110 cm³/mol. The number of fused-ring (bicyclic) bond motifs is 1. The van der Waals surface area contributed by atoms with Crippen molar-refractivity contribution in [3.63, 3.8) is 0 Å². The molecule has 146 valence electrons. The Morgan fingerprint density at radius 1 is 1.18 bits per heavy atom. The minimum absolute atomic E-state index is 0.0261. The summed E-state index contributed by atoms with van der Waals surface area (Å²) in [6.07, 6.45) is 0. The summed E-state index contributed by atoms with van der Waals surface area (Å²) in [6.45, 7) is 4.19. The van der Waals surface area contributed by atoms with Gasteiger partial charge in [-0.2, -0.15) is 0 Å². The lowest BCUT2D eigenvalue weighted by Gasteiger charge is -2.26. The van der Waals surface area contributed by atoms with E-state index in [0.717, 1.165) is 38.6 Å². The maximum atomic E-state index is 13.6. The Hall–Kier alpha value is -1.93. The molecule has 0 saturated carbocycles. The number of aromatic nitrogens is 2. The van der Waals surface area contributed by atoms with Crippen LogP contribution in [0.25, 0.3) is 16.6 Å². The van der Waals surface area contributed by atoms with E-state index in [4.69, 9.17) is 21.3 Å². The Labute approximate surface area is 171 Å². The normalized spacial score (nSPS) is 15.2.